The molecule has 1 aromatic heterocycles. The van der Waals surface area contributed by atoms with Crippen LogP contribution >= 0.6 is 0 Å². The van der Waals surface area contributed by atoms with Crippen LogP contribution in [0.15, 0.2) is 30.3 Å². The molecule has 0 saturated carbocycles. The van der Waals surface area contributed by atoms with Gasteiger partial charge in [0.2, 0.25) is 0 Å². The van der Waals surface area contributed by atoms with E-state index in [1.165, 1.54) is 19.5 Å². The summed E-state index contributed by atoms with van der Waals surface area (Å²) in [5.74, 6) is 1.55. The molecule has 2 aromatic rings. The fourth-order valence-corrected chi connectivity index (χ4v) is 3.49. The molecule has 1 fully saturated rings. The fraction of sp³-hybridized carbons (Fsp3) is 0.471. The van der Waals surface area contributed by atoms with Crippen molar-refractivity contribution in [1.82, 2.24) is 9.88 Å². The van der Waals surface area contributed by atoms with E-state index in [2.05, 4.69) is 18.7 Å². The second kappa shape index (κ2) is 5.41. The topological polar surface area (TPSA) is 42.1 Å². The van der Waals surface area contributed by atoms with Crippen LogP contribution in [0.4, 0.5) is 5.69 Å². The molecule has 2 unspecified atom stereocenters. The monoisotopic (exact) mass is 269 g/mol. The Morgan fingerprint density at radius 1 is 1.20 bits per heavy atom. The summed E-state index contributed by atoms with van der Waals surface area (Å²) in [5.41, 5.74) is 9.08. The summed E-state index contributed by atoms with van der Waals surface area (Å²) in [6.07, 6.45) is 1.34. The number of fused-ring (bicyclic) bond motifs is 1. The standard InChI is InChI=1S/C17H23N3/c1-12-7-13(2)10-20(9-12)11-14-8-16(18)15-5-3-4-6-17(15)19-14/h3-6,8,12-13H,7,9-11H2,1-2H3,(H2,18,19). The van der Waals surface area contributed by atoms with E-state index in [0.717, 1.165) is 40.7 Å². The van der Waals surface area contributed by atoms with Crippen molar-refractivity contribution in [2.75, 3.05) is 18.8 Å². The summed E-state index contributed by atoms with van der Waals surface area (Å²) < 4.78 is 0. The van der Waals surface area contributed by atoms with Crippen molar-refractivity contribution in [2.24, 2.45) is 11.8 Å². The van der Waals surface area contributed by atoms with E-state index in [4.69, 9.17) is 10.7 Å². The highest BCUT2D eigenvalue weighted by molar-refractivity contribution is 5.90. The van der Waals surface area contributed by atoms with Crippen LogP contribution in [0.2, 0.25) is 0 Å². The Balaban J connectivity index is 1.84. The molecule has 3 nitrogen and oxygen atoms in total. The number of piperidine rings is 1. The SMILES string of the molecule is CC1CC(C)CN(Cc2cc(N)c3ccccc3n2)C1. The molecule has 0 spiro atoms. The lowest BCUT2D eigenvalue weighted by molar-refractivity contribution is 0.133. The van der Waals surface area contributed by atoms with Crippen LogP contribution in [-0.4, -0.2) is 23.0 Å². The van der Waals surface area contributed by atoms with Crippen molar-refractivity contribution in [3.63, 3.8) is 0 Å². The van der Waals surface area contributed by atoms with Crippen molar-refractivity contribution in [1.29, 1.82) is 0 Å². The lowest BCUT2D eigenvalue weighted by Crippen LogP contribution is -2.38. The maximum Gasteiger partial charge on any atom is 0.0726 e. The van der Waals surface area contributed by atoms with Crippen molar-refractivity contribution in [3.8, 4) is 0 Å². The first-order valence-corrected chi connectivity index (χ1v) is 7.48. The number of rotatable bonds is 2. The van der Waals surface area contributed by atoms with E-state index in [9.17, 15) is 0 Å². The summed E-state index contributed by atoms with van der Waals surface area (Å²) in [5, 5.41) is 1.05. The number of nitrogen functional groups attached to an aromatic ring is 1. The third-order valence-electron chi connectivity index (χ3n) is 4.13. The number of para-hydroxylation sites is 1. The zero-order chi connectivity index (χ0) is 14.1. The Hall–Kier alpha value is -1.61. The number of hydrogen-bond donors (Lipinski definition) is 1. The Labute approximate surface area is 120 Å². The number of benzene rings is 1. The first-order chi connectivity index (χ1) is 9.61. The highest BCUT2D eigenvalue weighted by atomic mass is 15.1. The van der Waals surface area contributed by atoms with Gasteiger partial charge >= 0.3 is 0 Å². The minimum absolute atomic E-state index is 0.775. The second-order valence-electron chi connectivity index (χ2n) is 6.36. The molecule has 0 amide bonds. The summed E-state index contributed by atoms with van der Waals surface area (Å²) in [7, 11) is 0. The third kappa shape index (κ3) is 2.78. The van der Waals surface area contributed by atoms with Gasteiger partial charge in [0.25, 0.3) is 0 Å². The van der Waals surface area contributed by atoms with Gasteiger partial charge in [0.15, 0.2) is 0 Å². The van der Waals surface area contributed by atoms with E-state index in [1.54, 1.807) is 0 Å². The summed E-state index contributed by atoms with van der Waals surface area (Å²) in [6.45, 7) is 7.91. The Kier molecular flexibility index (Phi) is 3.62. The normalized spacial score (nSPS) is 24.1. The van der Waals surface area contributed by atoms with Gasteiger partial charge in [0, 0.05) is 30.7 Å². The molecule has 0 radical (unpaired) electrons. The third-order valence-corrected chi connectivity index (χ3v) is 4.13. The van der Waals surface area contributed by atoms with E-state index in [-0.39, 0.29) is 0 Å². The zero-order valence-electron chi connectivity index (χ0n) is 12.3. The molecule has 2 N–H and O–H groups in total. The van der Waals surface area contributed by atoms with Gasteiger partial charge in [-0.1, -0.05) is 32.0 Å². The molecule has 3 rings (SSSR count). The molecule has 2 heterocycles. The molecular weight excluding hydrogens is 246 g/mol. The van der Waals surface area contributed by atoms with E-state index in [0.29, 0.717) is 0 Å². The fourth-order valence-electron chi connectivity index (χ4n) is 3.49. The predicted octanol–water partition coefficient (Wildman–Crippen LogP) is 3.29. The van der Waals surface area contributed by atoms with Crippen LogP contribution in [0.3, 0.4) is 0 Å². The molecular formula is C17H23N3. The molecule has 1 aliphatic rings. The Bertz CT molecular complexity index is 598. The van der Waals surface area contributed by atoms with E-state index >= 15 is 0 Å². The van der Waals surface area contributed by atoms with Gasteiger partial charge in [-0.05, 0) is 30.4 Å². The number of anilines is 1. The maximum atomic E-state index is 6.16. The summed E-state index contributed by atoms with van der Waals surface area (Å²) in [4.78, 5) is 7.27. The van der Waals surface area contributed by atoms with Crippen LogP contribution < -0.4 is 5.73 Å². The van der Waals surface area contributed by atoms with E-state index < -0.39 is 0 Å². The molecule has 1 saturated heterocycles. The Morgan fingerprint density at radius 3 is 2.65 bits per heavy atom. The van der Waals surface area contributed by atoms with Crippen molar-refractivity contribution in [3.05, 3.63) is 36.0 Å². The van der Waals surface area contributed by atoms with Crippen LogP contribution in [0.5, 0.6) is 0 Å². The van der Waals surface area contributed by atoms with Gasteiger partial charge in [-0.3, -0.25) is 9.88 Å². The summed E-state index contributed by atoms with van der Waals surface area (Å²) >= 11 is 0. The molecule has 20 heavy (non-hydrogen) atoms. The highest BCUT2D eigenvalue weighted by Crippen LogP contribution is 2.24. The van der Waals surface area contributed by atoms with Gasteiger partial charge in [-0.25, -0.2) is 0 Å². The molecule has 3 heteroatoms. The molecule has 106 valence electrons. The number of nitrogens with zero attached hydrogens (tertiary/aromatic N) is 2. The maximum absolute atomic E-state index is 6.16. The quantitative estimate of drug-likeness (QED) is 0.909. The number of pyridine rings is 1. The van der Waals surface area contributed by atoms with Gasteiger partial charge in [-0.2, -0.15) is 0 Å². The molecule has 1 aliphatic heterocycles. The van der Waals surface area contributed by atoms with Crippen LogP contribution in [0, 0.1) is 11.8 Å². The molecule has 0 bridgehead atoms. The van der Waals surface area contributed by atoms with E-state index in [1.807, 2.05) is 30.3 Å². The first kappa shape index (κ1) is 13.4. The number of aromatic nitrogens is 1. The second-order valence-corrected chi connectivity index (χ2v) is 6.36. The van der Waals surface area contributed by atoms with Crippen LogP contribution in [0.25, 0.3) is 10.9 Å². The predicted molar refractivity (Wildman–Crippen MR) is 84.4 cm³/mol. The first-order valence-electron chi connectivity index (χ1n) is 7.48. The van der Waals surface area contributed by atoms with Crippen molar-refractivity contribution >= 4 is 16.6 Å². The lowest BCUT2D eigenvalue weighted by atomic mass is 9.92. The number of hydrogen-bond acceptors (Lipinski definition) is 3. The van der Waals surface area contributed by atoms with Crippen LogP contribution in [-0.2, 0) is 6.54 Å². The number of likely N-dealkylation sites (tertiary alicyclic amines) is 1. The smallest absolute Gasteiger partial charge is 0.0726 e. The minimum Gasteiger partial charge on any atom is -0.398 e. The average Bonchev–Trinajstić information content (AvgIpc) is 2.37. The van der Waals surface area contributed by atoms with Gasteiger partial charge < -0.3 is 5.73 Å². The minimum atomic E-state index is 0.775. The average molecular weight is 269 g/mol. The van der Waals surface area contributed by atoms with Crippen molar-refractivity contribution in [2.45, 2.75) is 26.8 Å². The largest absolute Gasteiger partial charge is 0.398 e. The van der Waals surface area contributed by atoms with Crippen molar-refractivity contribution < 1.29 is 0 Å². The van der Waals surface area contributed by atoms with Gasteiger partial charge in [-0.15, -0.1) is 0 Å². The summed E-state index contributed by atoms with van der Waals surface area (Å²) in [6, 6.07) is 10.1. The molecule has 2 atom stereocenters. The molecule has 0 aliphatic carbocycles. The van der Waals surface area contributed by atoms with Gasteiger partial charge in [0.05, 0.1) is 11.2 Å². The van der Waals surface area contributed by atoms with Gasteiger partial charge in [0.1, 0.15) is 0 Å². The zero-order valence-corrected chi connectivity index (χ0v) is 12.3. The molecule has 1 aromatic carbocycles. The highest BCUT2D eigenvalue weighted by Gasteiger charge is 2.22. The number of nitrogens with two attached hydrogens (primary N) is 1. The van der Waals surface area contributed by atoms with Crippen LogP contribution in [0.1, 0.15) is 26.0 Å². The lowest BCUT2D eigenvalue weighted by Gasteiger charge is -2.34. The Morgan fingerprint density at radius 2 is 1.90 bits per heavy atom.